The molecule has 2 N–H and O–H groups in total. The monoisotopic (exact) mass is 306 g/mol. The number of pyridine rings is 1. The minimum Gasteiger partial charge on any atom is -0.480 e. The molecule has 0 radical (unpaired) electrons. The Hall–Kier alpha value is -2.48. The van der Waals surface area contributed by atoms with E-state index in [1.54, 1.807) is 17.8 Å². The van der Waals surface area contributed by atoms with Crippen LogP contribution in [-0.4, -0.2) is 51.5 Å². The average molecular weight is 306 g/mol. The Labute approximate surface area is 127 Å². The summed E-state index contributed by atoms with van der Waals surface area (Å²) in [7, 11) is 3.25. The van der Waals surface area contributed by atoms with E-state index in [-0.39, 0.29) is 13.0 Å². The quantitative estimate of drug-likeness (QED) is 0.804. The van der Waals surface area contributed by atoms with Gasteiger partial charge in [0.25, 0.3) is 5.91 Å². The van der Waals surface area contributed by atoms with Crippen molar-refractivity contribution in [2.75, 3.05) is 13.7 Å². The Balaban J connectivity index is 2.21. The van der Waals surface area contributed by atoms with E-state index >= 15 is 0 Å². The molecule has 8 nitrogen and oxygen atoms in total. The zero-order chi connectivity index (χ0) is 16.3. The standard InChI is InChI=1S/C14H18N4O4/c1-8-10-6-9(7-15-12(10)18(2)17-8)13(19)16-11(14(20)21)4-5-22-3/h6-7,11H,4-5H2,1-3H3,(H,16,19)(H,20,21). The summed E-state index contributed by atoms with van der Waals surface area (Å²) in [5.41, 5.74) is 1.73. The van der Waals surface area contributed by atoms with Crippen LogP contribution in [0.5, 0.6) is 0 Å². The number of hydrogen-bond donors (Lipinski definition) is 2. The molecule has 0 aliphatic carbocycles. The molecule has 8 heteroatoms. The van der Waals surface area contributed by atoms with Gasteiger partial charge in [0.1, 0.15) is 6.04 Å². The molecule has 0 bridgehead atoms. The maximum atomic E-state index is 12.2. The molecule has 0 aromatic carbocycles. The van der Waals surface area contributed by atoms with Crippen molar-refractivity contribution in [2.24, 2.45) is 7.05 Å². The molecule has 0 fully saturated rings. The molecule has 0 saturated heterocycles. The summed E-state index contributed by atoms with van der Waals surface area (Å²) >= 11 is 0. The van der Waals surface area contributed by atoms with Gasteiger partial charge in [-0.1, -0.05) is 0 Å². The average Bonchev–Trinajstić information content (AvgIpc) is 2.77. The first-order valence-electron chi connectivity index (χ1n) is 6.76. The van der Waals surface area contributed by atoms with E-state index in [4.69, 9.17) is 9.84 Å². The van der Waals surface area contributed by atoms with Crippen molar-refractivity contribution >= 4 is 22.9 Å². The van der Waals surface area contributed by atoms with Crippen LogP contribution < -0.4 is 5.32 Å². The highest BCUT2D eigenvalue weighted by Gasteiger charge is 2.21. The molecule has 1 amide bonds. The van der Waals surface area contributed by atoms with E-state index in [0.717, 1.165) is 11.1 Å². The molecule has 0 aliphatic rings. The summed E-state index contributed by atoms with van der Waals surface area (Å²) in [4.78, 5) is 27.5. The first-order chi connectivity index (χ1) is 10.4. The molecule has 118 valence electrons. The molecule has 1 atom stereocenters. The van der Waals surface area contributed by atoms with Crippen LogP contribution in [0.1, 0.15) is 22.5 Å². The lowest BCUT2D eigenvalue weighted by Crippen LogP contribution is -2.41. The van der Waals surface area contributed by atoms with Crippen molar-refractivity contribution in [1.82, 2.24) is 20.1 Å². The van der Waals surface area contributed by atoms with Gasteiger partial charge < -0.3 is 15.2 Å². The maximum Gasteiger partial charge on any atom is 0.326 e. The van der Waals surface area contributed by atoms with E-state index in [1.165, 1.54) is 13.3 Å². The van der Waals surface area contributed by atoms with Crippen LogP contribution in [0.4, 0.5) is 0 Å². The fourth-order valence-corrected chi connectivity index (χ4v) is 2.17. The number of fused-ring (bicyclic) bond motifs is 1. The lowest BCUT2D eigenvalue weighted by Gasteiger charge is -2.13. The molecule has 2 aromatic heterocycles. The number of carbonyl (C=O) groups excluding carboxylic acids is 1. The van der Waals surface area contributed by atoms with Gasteiger partial charge in [0.05, 0.1) is 11.3 Å². The molecule has 0 saturated carbocycles. The van der Waals surface area contributed by atoms with Crippen LogP contribution in [0, 0.1) is 6.92 Å². The van der Waals surface area contributed by atoms with Crippen molar-refractivity contribution in [3.05, 3.63) is 23.5 Å². The summed E-state index contributed by atoms with van der Waals surface area (Å²) in [5.74, 6) is -1.59. The lowest BCUT2D eigenvalue weighted by atomic mass is 10.1. The lowest BCUT2D eigenvalue weighted by molar-refractivity contribution is -0.139. The number of aromatic nitrogens is 3. The minimum atomic E-state index is -1.10. The third-order valence-corrected chi connectivity index (χ3v) is 3.34. The smallest absolute Gasteiger partial charge is 0.326 e. The normalized spacial score (nSPS) is 12.3. The van der Waals surface area contributed by atoms with Gasteiger partial charge in [0.2, 0.25) is 0 Å². The second-order valence-electron chi connectivity index (χ2n) is 4.95. The third kappa shape index (κ3) is 3.22. The number of aliphatic carboxylic acids is 1. The van der Waals surface area contributed by atoms with Crippen LogP contribution in [0.2, 0.25) is 0 Å². The second kappa shape index (κ2) is 6.52. The highest BCUT2D eigenvalue weighted by molar-refractivity contribution is 5.99. The number of carbonyl (C=O) groups is 2. The SMILES string of the molecule is COCCC(NC(=O)c1cnc2c(c1)c(C)nn2C)C(=O)O. The van der Waals surface area contributed by atoms with Crippen LogP contribution in [0.15, 0.2) is 12.3 Å². The molecular formula is C14H18N4O4. The molecule has 0 aliphatic heterocycles. The van der Waals surface area contributed by atoms with Crippen molar-refractivity contribution in [1.29, 1.82) is 0 Å². The fourth-order valence-electron chi connectivity index (χ4n) is 2.17. The molecule has 2 heterocycles. The molecule has 1 unspecified atom stereocenters. The number of nitrogens with zero attached hydrogens (tertiary/aromatic N) is 3. The zero-order valence-electron chi connectivity index (χ0n) is 12.7. The third-order valence-electron chi connectivity index (χ3n) is 3.34. The van der Waals surface area contributed by atoms with Gasteiger partial charge in [-0.3, -0.25) is 9.48 Å². The number of amides is 1. The van der Waals surface area contributed by atoms with Gasteiger partial charge in [-0.25, -0.2) is 9.78 Å². The number of nitrogens with one attached hydrogen (secondary N) is 1. The van der Waals surface area contributed by atoms with Gasteiger partial charge >= 0.3 is 5.97 Å². The van der Waals surface area contributed by atoms with Gasteiger partial charge in [-0.05, 0) is 13.0 Å². The Kier molecular flexibility index (Phi) is 4.71. The Morgan fingerprint density at radius 3 is 2.86 bits per heavy atom. The number of methoxy groups -OCH3 is 1. The van der Waals surface area contributed by atoms with Gasteiger partial charge in [0, 0.05) is 38.8 Å². The van der Waals surface area contributed by atoms with Crippen LogP contribution in [-0.2, 0) is 16.6 Å². The molecular weight excluding hydrogens is 288 g/mol. The predicted octanol–water partition coefficient (Wildman–Crippen LogP) is 0.496. The number of rotatable bonds is 6. The van der Waals surface area contributed by atoms with E-state index in [2.05, 4.69) is 15.4 Å². The van der Waals surface area contributed by atoms with E-state index in [0.29, 0.717) is 11.2 Å². The molecule has 0 spiro atoms. The summed E-state index contributed by atoms with van der Waals surface area (Å²) in [6.07, 6.45) is 1.60. The van der Waals surface area contributed by atoms with Crippen LogP contribution >= 0.6 is 0 Å². The number of carboxylic acids is 1. The molecule has 22 heavy (non-hydrogen) atoms. The highest BCUT2D eigenvalue weighted by atomic mass is 16.5. The Bertz CT molecular complexity index is 710. The van der Waals surface area contributed by atoms with Crippen molar-refractivity contribution in [3.8, 4) is 0 Å². The minimum absolute atomic E-state index is 0.194. The molecule has 2 rings (SSSR count). The summed E-state index contributed by atoms with van der Waals surface area (Å²) in [6, 6.07) is 0.660. The fraction of sp³-hybridized carbons (Fsp3) is 0.429. The topological polar surface area (TPSA) is 106 Å². The largest absolute Gasteiger partial charge is 0.480 e. The van der Waals surface area contributed by atoms with Crippen molar-refractivity contribution in [3.63, 3.8) is 0 Å². The summed E-state index contributed by atoms with van der Waals surface area (Å²) in [5, 5.41) is 16.6. The maximum absolute atomic E-state index is 12.2. The van der Waals surface area contributed by atoms with Crippen molar-refractivity contribution < 1.29 is 19.4 Å². The van der Waals surface area contributed by atoms with Gasteiger partial charge in [-0.15, -0.1) is 0 Å². The first kappa shape index (κ1) is 15.9. The second-order valence-corrected chi connectivity index (χ2v) is 4.95. The van der Waals surface area contributed by atoms with E-state index < -0.39 is 17.9 Å². The Morgan fingerprint density at radius 1 is 1.50 bits per heavy atom. The van der Waals surface area contributed by atoms with Gasteiger partial charge in [-0.2, -0.15) is 5.10 Å². The predicted molar refractivity (Wildman–Crippen MR) is 78.6 cm³/mol. The van der Waals surface area contributed by atoms with E-state index in [1.807, 2.05) is 6.92 Å². The van der Waals surface area contributed by atoms with Crippen LogP contribution in [0.25, 0.3) is 11.0 Å². The highest BCUT2D eigenvalue weighted by Crippen LogP contribution is 2.16. The number of hydrogen-bond acceptors (Lipinski definition) is 5. The van der Waals surface area contributed by atoms with Gasteiger partial charge in [0.15, 0.2) is 5.65 Å². The number of aryl methyl sites for hydroxylation is 2. The number of ether oxygens (including phenoxy) is 1. The summed E-state index contributed by atoms with van der Waals surface area (Å²) in [6.45, 7) is 2.07. The molecule has 2 aromatic rings. The Morgan fingerprint density at radius 2 is 2.23 bits per heavy atom. The number of carboxylic acid groups (broad SMARTS) is 1. The van der Waals surface area contributed by atoms with Crippen LogP contribution in [0.3, 0.4) is 0 Å². The van der Waals surface area contributed by atoms with Crippen molar-refractivity contribution in [2.45, 2.75) is 19.4 Å². The zero-order valence-corrected chi connectivity index (χ0v) is 12.7. The van der Waals surface area contributed by atoms with E-state index in [9.17, 15) is 9.59 Å². The summed E-state index contributed by atoms with van der Waals surface area (Å²) < 4.78 is 6.48. The first-order valence-corrected chi connectivity index (χ1v) is 6.76.